The van der Waals surface area contributed by atoms with Crippen molar-refractivity contribution in [3.05, 3.63) is 78.1 Å². The molecule has 25 heavy (non-hydrogen) atoms. The second-order valence-electron chi connectivity index (χ2n) is 5.52. The molecule has 0 atom stereocenters. The Bertz CT molecular complexity index is 835. The Morgan fingerprint density at radius 3 is 2.36 bits per heavy atom. The molecule has 3 rings (SSSR count). The standard InChI is InChI=1S/C20H18FNO2S/c21-15-3-1-14(2-4-15)11-12-24-17-7-10-20(19(22)13-17)25-18-8-5-16(23)6-9-18/h1-10,13,23H,11-12,22H2. The van der Waals surface area contributed by atoms with Gasteiger partial charge < -0.3 is 15.6 Å². The van der Waals surface area contributed by atoms with E-state index in [1.54, 1.807) is 30.3 Å². The van der Waals surface area contributed by atoms with E-state index in [1.165, 1.54) is 23.9 Å². The first-order chi connectivity index (χ1) is 12.1. The van der Waals surface area contributed by atoms with Crippen molar-refractivity contribution in [2.24, 2.45) is 0 Å². The van der Waals surface area contributed by atoms with Crippen LogP contribution in [0.3, 0.4) is 0 Å². The molecule has 0 spiro atoms. The SMILES string of the molecule is Nc1cc(OCCc2ccc(F)cc2)ccc1Sc1ccc(O)cc1. The van der Waals surface area contributed by atoms with Gasteiger partial charge in [0.2, 0.25) is 0 Å². The lowest BCUT2D eigenvalue weighted by molar-refractivity contribution is 0.322. The summed E-state index contributed by atoms with van der Waals surface area (Å²) >= 11 is 1.53. The maximum Gasteiger partial charge on any atom is 0.123 e. The minimum atomic E-state index is -0.237. The molecule has 0 aromatic heterocycles. The smallest absolute Gasteiger partial charge is 0.123 e. The zero-order chi connectivity index (χ0) is 17.6. The summed E-state index contributed by atoms with van der Waals surface area (Å²) in [4.78, 5) is 1.92. The molecular weight excluding hydrogens is 337 g/mol. The number of phenolic OH excluding ortho intramolecular Hbond substituents is 1. The third-order valence-electron chi connectivity index (χ3n) is 3.62. The third kappa shape index (κ3) is 4.90. The number of nitrogens with two attached hydrogens (primary N) is 1. The van der Waals surface area contributed by atoms with Gasteiger partial charge in [-0.3, -0.25) is 0 Å². The molecule has 3 aromatic rings. The lowest BCUT2D eigenvalue weighted by Crippen LogP contribution is -2.02. The number of aromatic hydroxyl groups is 1. The molecule has 0 heterocycles. The zero-order valence-electron chi connectivity index (χ0n) is 13.5. The van der Waals surface area contributed by atoms with Gasteiger partial charge in [-0.05, 0) is 54.1 Å². The van der Waals surface area contributed by atoms with Crippen LogP contribution in [-0.4, -0.2) is 11.7 Å². The van der Waals surface area contributed by atoms with E-state index in [0.717, 1.165) is 15.4 Å². The van der Waals surface area contributed by atoms with Crippen LogP contribution in [0.15, 0.2) is 76.5 Å². The topological polar surface area (TPSA) is 55.5 Å². The van der Waals surface area contributed by atoms with Crippen LogP contribution in [0.25, 0.3) is 0 Å². The number of ether oxygens (including phenoxy) is 1. The Labute approximate surface area is 150 Å². The van der Waals surface area contributed by atoms with Gasteiger partial charge in [0.25, 0.3) is 0 Å². The van der Waals surface area contributed by atoms with Crippen LogP contribution in [0.2, 0.25) is 0 Å². The molecule has 0 aliphatic heterocycles. The Kier molecular flexibility index (Phi) is 5.46. The maximum atomic E-state index is 12.9. The largest absolute Gasteiger partial charge is 0.508 e. The number of rotatable bonds is 6. The number of halogens is 1. The van der Waals surface area contributed by atoms with Crippen LogP contribution in [0.4, 0.5) is 10.1 Å². The van der Waals surface area contributed by atoms with E-state index >= 15 is 0 Å². The molecule has 0 aliphatic rings. The average molecular weight is 355 g/mol. The number of hydrogen-bond donors (Lipinski definition) is 2. The van der Waals surface area contributed by atoms with Crippen LogP contribution in [0, 0.1) is 5.82 Å². The third-order valence-corrected chi connectivity index (χ3v) is 4.72. The van der Waals surface area contributed by atoms with Crippen molar-refractivity contribution in [2.75, 3.05) is 12.3 Å². The highest BCUT2D eigenvalue weighted by atomic mass is 32.2. The normalized spacial score (nSPS) is 10.6. The van der Waals surface area contributed by atoms with E-state index in [2.05, 4.69) is 0 Å². The van der Waals surface area contributed by atoms with Crippen molar-refractivity contribution >= 4 is 17.4 Å². The second kappa shape index (κ2) is 7.94. The van der Waals surface area contributed by atoms with Gasteiger partial charge in [0.05, 0.1) is 6.61 Å². The minimum Gasteiger partial charge on any atom is -0.508 e. The molecule has 128 valence electrons. The summed E-state index contributed by atoms with van der Waals surface area (Å²) in [6, 6.07) is 19.0. The summed E-state index contributed by atoms with van der Waals surface area (Å²) < 4.78 is 18.6. The Morgan fingerprint density at radius 1 is 0.960 bits per heavy atom. The molecular formula is C20H18FNO2S. The molecule has 0 radical (unpaired) electrons. The molecule has 3 N–H and O–H groups in total. The van der Waals surface area contributed by atoms with Crippen LogP contribution in [0.1, 0.15) is 5.56 Å². The van der Waals surface area contributed by atoms with Crippen LogP contribution in [-0.2, 0) is 6.42 Å². The fourth-order valence-electron chi connectivity index (χ4n) is 2.29. The van der Waals surface area contributed by atoms with Gasteiger partial charge in [-0.1, -0.05) is 23.9 Å². The van der Waals surface area contributed by atoms with Crippen LogP contribution in [0.5, 0.6) is 11.5 Å². The molecule has 0 amide bonds. The van der Waals surface area contributed by atoms with Gasteiger partial charge in [-0.2, -0.15) is 0 Å². The first-order valence-electron chi connectivity index (χ1n) is 7.84. The predicted molar refractivity (Wildman–Crippen MR) is 98.7 cm³/mol. The van der Waals surface area contributed by atoms with Crippen molar-refractivity contribution in [1.29, 1.82) is 0 Å². The van der Waals surface area contributed by atoms with Crippen molar-refractivity contribution in [2.45, 2.75) is 16.2 Å². The highest BCUT2D eigenvalue weighted by Crippen LogP contribution is 2.34. The summed E-state index contributed by atoms with van der Waals surface area (Å²) in [7, 11) is 0. The van der Waals surface area contributed by atoms with Crippen LogP contribution >= 0.6 is 11.8 Å². The zero-order valence-corrected chi connectivity index (χ0v) is 14.3. The van der Waals surface area contributed by atoms with Crippen LogP contribution < -0.4 is 10.5 Å². The van der Waals surface area contributed by atoms with Gasteiger partial charge in [-0.15, -0.1) is 0 Å². The average Bonchev–Trinajstić information content (AvgIpc) is 2.61. The summed E-state index contributed by atoms with van der Waals surface area (Å²) in [6.07, 6.45) is 0.699. The monoisotopic (exact) mass is 355 g/mol. The molecule has 0 aliphatic carbocycles. The fraction of sp³-hybridized carbons (Fsp3) is 0.100. The first kappa shape index (κ1) is 17.2. The number of hydrogen-bond acceptors (Lipinski definition) is 4. The molecule has 0 unspecified atom stereocenters. The van der Waals surface area contributed by atoms with Gasteiger partial charge in [0.15, 0.2) is 0 Å². The molecule has 0 saturated heterocycles. The fourth-order valence-corrected chi connectivity index (χ4v) is 3.13. The summed E-state index contributed by atoms with van der Waals surface area (Å²) in [5.74, 6) is 0.705. The number of phenols is 1. The predicted octanol–water partition coefficient (Wildman–Crippen LogP) is 4.89. The number of nitrogen functional groups attached to an aromatic ring is 1. The van der Waals surface area contributed by atoms with Gasteiger partial charge in [0, 0.05) is 28.0 Å². The lowest BCUT2D eigenvalue weighted by atomic mass is 10.2. The first-order valence-corrected chi connectivity index (χ1v) is 8.65. The van der Waals surface area contributed by atoms with E-state index < -0.39 is 0 Å². The maximum absolute atomic E-state index is 12.9. The highest BCUT2D eigenvalue weighted by molar-refractivity contribution is 7.99. The van der Waals surface area contributed by atoms with E-state index in [4.69, 9.17) is 10.5 Å². The molecule has 3 nitrogen and oxygen atoms in total. The van der Waals surface area contributed by atoms with Crippen molar-refractivity contribution < 1.29 is 14.2 Å². The van der Waals surface area contributed by atoms with E-state index in [-0.39, 0.29) is 11.6 Å². The molecule has 0 fully saturated rings. The molecule has 0 bridgehead atoms. The summed E-state index contributed by atoms with van der Waals surface area (Å²) in [5, 5.41) is 9.32. The molecule has 3 aromatic carbocycles. The van der Waals surface area contributed by atoms with Gasteiger partial charge in [0.1, 0.15) is 17.3 Å². The van der Waals surface area contributed by atoms with Gasteiger partial charge >= 0.3 is 0 Å². The molecule has 5 heteroatoms. The Hall–Kier alpha value is -2.66. The van der Waals surface area contributed by atoms with Gasteiger partial charge in [-0.25, -0.2) is 4.39 Å². The Balaban J connectivity index is 1.57. The molecule has 0 saturated carbocycles. The van der Waals surface area contributed by atoms with Crippen molar-refractivity contribution in [3.63, 3.8) is 0 Å². The number of anilines is 1. The Morgan fingerprint density at radius 2 is 1.68 bits per heavy atom. The summed E-state index contributed by atoms with van der Waals surface area (Å²) in [5.41, 5.74) is 7.77. The van der Waals surface area contributed by atoms with E-state index in [9.17, 15) is 9.50 Å². The van der Waals surface area contributed by atoms with E-state index in [0.29, 0.717) is 24.5 Å². The number of benzene rings is 3. The second-order valence-corrected chi connectivity index (χ2v) is 6.64. The minimum absolute atomic E-state index is 0.237. The van der Waals surface area contributed by atoms with Crippen molar-refractivity contribution in [3.8, 4) is 11.5 Å². The lowest BCUT2D eigenvalue weighted by Gasteiger charge is -2.10. The van der Waals surface area contributed by atoms with Crippen molar-refractivity contribution in [1.82, 2.24) is 0 Å². The highest BCUT2D eigenvalue weighted by Gasteiger charge is 2.05. The quantitative estimate of drug-likeness (QED) is 0.618. The van der Waals surface area contributed by atoms with E-state index in [1.807, 2.05) is 24.3 Å². The summed E-state index contributed by atoms with van der Waals surface area (Å²) in [6.45, 7) is 0.496.